The summed E-state index contributed by atoms with van der Waals surface area (Å²) in [6, 6.07) is 7.74. The summed E-state index contributed by atoms with van der Waals surface area (Å²) in [5, 5.41) is 13.5. The van der Waals surface area contributed by atoms with E-state index in [9.17, 15) is 0 Å². The van der Waals surface area contributed by atoms with Crippen LogP contribution in [0.1, 0.15) is 31.4 Å². The molecule has 2 heterocycles. The van der Waals surface area contributed by atoms with E-state index < -0.39 is 0 Å². The lowest BCUT2D eigenvalue weighted by atomic mass is 10.2. The first kappa shape index (κ1) is 14.1. The summed E-state index contributed by atoms with van der Waals surface area (Å²) in [5.74, 6) is 2.14. The first-order valence-electron chi connectivity index (χ1n) is 7.18. The van der Waals surface area contributed by atoms with E-state index in [0.717, 1.165) is 34.6 Å². The van der Waals surface area contributed by atoms with Crippen LogP contribution in [0.15, 0.2) is 24.3 Å². The lowest BCUT2D eigenvalue weighted by Crippen LogP contribution is -2.08. The fourth-order valence-electron chi connectivity index (χ4n) is 2.06. The van der Waals surface area contributed by atoms with E-state index in [-0.39, 0.29) is 6.10 Å². The van der Waals surface area contributed by atoms with Crippen molar-refractivity contribution >= 4 is 16.5 Å². The summed E-state index contributed by atoms with van der Waals surface area (Å²) in [5.41, 5.74) is 0. The van der Waals surface area contributed by atoms with Crippen LogP contribution in [0, 0.1) is 5.92 Å². The normalized spacial score (nSPS) is 17.6. The number of anilines is 1. The molecule has 0 spiro atoms. The molecule has 21 heavy (non-hydrogen) atoms. The van der Waals surface area contributed by atoms with Crippen molar-refractivity contribution in [3.63, 3.8) is 0 Å². The van der Waals surface area contributed by atoms with E-state index in [4.69, 9.17) is 9.47 Å². The van der Waals surface area contributed by atoms with Gasteiger partial charge in [-0.05, 0) is 18.1 Å². The maximum atomic E-state index is 6.04. The second-order valence-electron chi connectivity index (χ2n) is 5.41. The van der Waals surface area contributed by atoms with Crippen molar-refractivity contribution in [2.45, 2.75) is 26.4 Å². The van der Waals surface area contributed by atoms with Gasteiger partial charge in [0.15, 0.2) is 22.6 Å². The molecule has 1 aliphatic heterocycles. The molecule has 1 N–H and O–H groups in total. The van der Waals surface area contributed by atoms with Gasteiger partial charge in [-0.1, -0.05) is 37.3 Å². The first-order valence-corrected chi connectivity index (χ1v) is 8.00. The number of fused-ring (bicyclic) bond motifs is 1. The molecule has 0 fully saturated rings. The molecule has 1 aromatic carbocycles. The zero-order valence-electron chi connectivity index (χ0n) is 12.2. The third kappa shape index (κ3) is 3.44. The molecule has 0 saturated carbocycles. The lowest BCUT2D eigenvalue weighted by molar-refractivity contribution is 0.193. The van der Waals surface area contributed by atoms with Gasteiger partial charge in [0, 0.05) is 13.0 Å². The second kappa shape index (κ2) is 6.30. The SMILES string of the molecule is CC(C)CNc1nnc(C2CCOc3ccccc3O2)s1. The quantitative estimate of drug-likeness (QED) is 0.936. The van der Waals surface area contributed by atoms with Gasteiger partial charge in [0.25, 0.3) is 0 Å². The maximum absolute atomic E-state index is 6.04. The molecule has 3 rings (SSSR count). The van der Waals surface area contributed by atoms with Crippen molar-refractivity contribution in [2.24, 2.45) is 5.92 Å². The fraction of sp³-hybridized carbons (Fsp3) is 0.467. The van der Waals surface area contributed by atoms with E-state index >= 15 is 0 Å². The third-order valence-corrected chi connectivity index (χ3v) is 4.11. The summed E-state index contributed by atoms with van der Waals surface area (Å²) in [4.78, 5) is 0. The van der Waals surface area contributed by atoms with Gasteiger partial charge in [0.1, 0.15) is 0 Å². The Morgan fingerprint density at radius 2 is 2.10 bits per heavy atom. The smallest absolute Gasteiger partial charge is 0.205 e. The van der Waals surface area contributed by atoms with Gasteiger partial charge >= 0.3 is 0 Å². The molecule has 0 bridgehead atoms. The fourth-order valence-corrected chi connectivity index (χ4v) is 2.87. The highest BCUT2D eigenvalue weighted by atomic mass is 32.1. The third-order valence-electron chi connectivity index (χ3n) is 3.13. The summed E-state index contributed by atoms with van der Waals surface area (Å²) >= 11 is 1.55. The number of aromatic nitrogens is 2. The summed E-state index contributed by atoms with van der Waals surface area (Å²) < 4.78 is 11.7. The highest BCUT2D eigenvalue weighted by Crippen LogP contribution is 2.36. The van der Waals surface area contributed by atoms with Crippen LogP contribution in [0.3, 0.4) is 0 Å². The van der Waals surface area contributed by atoms with Crippen LogP contribution >= 0.6 is 11.3 Å². The molecule has 0 amide bonds. The largest absolute Gasteiger partial charge is 0.490 e. The monoisotopic (exact) mass is 305 g/mol. The van der Waals surface area contributed by atoms with Crippen LogP contribution in [0.4, 0.5) is 5.13 Å². The van der Waals surface area contributed by atoms with Crippen LogP contribution in [-0.4, -0.2) is 23.3 Å². The minimum Gasteiger partial charge on any atom is -0.490 e. The number of nitrogens with zero attached hydrogens (tertiary/aromatic N) is 2. The molecule has 1 atom stereocenters. The molecule has 0 saturated heterocycles. The van der Waals surface area contributed by atoms with E-state index in [1.165, 1.54) is 0 Å². The first-order chi connectivity index (χ1) is 10.2. The topological polar surface area (TPSA) is 56.3 Å². The van der Waals surface area contributed by atoms with Crippen LogP contribution in [0.5, 0.6) is 11.5 Å². The Morgan fingerprint density at radius 1 is 1.29 bits per heavy atom. The van der Waals surface area contributed by atoms with Gasteiger partial charge in [-0.3, -0.25) is 0 Å². The number of para-hydroxylation sites is 2. The Balaban J connectivity index is 1.72. The molecular formula is C15H19N3O2S. The van der Waals surface area contributed by atoms with Gasteiger partial charge < -0.3 is 14.8 Å². The number of ether oxygens (including phenoxy) is 2. The average molecular weight is 305 g/mol. The number of benzene rings is 1. The molecule has 5 nitrogen and oxygen atoms in total. The minimum absolute atomic E-state index is 0.0965. The van der Waals surface area contributed by atoms with Crippen LogP contribution in [0.2, 0.25) is 0 Å². The lowest BCUT2D eigenvalue weighted by Gasteiger charge is -2.12. The Hall–Kier alpha value is -1.82. The van der Waals surface area contributed by atoms with Crippen LogP contribution < -0.4 is 14.8 Å². The van der Waals surface area contributed by atoms with Crippen LogP contribution in [0.25, 0.3) is 0 Å². The number of hydrogen-bond donors (Lipinski definition) is 1. The molecule has 0 radical (unpaired) electrons. The summed E-state index contributed by atoms with van der Waals surface area (Å²) in [6.45, 7) is 5.84. The molecular weight excluding hydrogens is 286 g/mol. The van der Waals surface area contributed by atoms with Crippen molar-refractivity contribution in [2.75, 3.05) is 18.5 Å². The minimum atomic E-state index is -0.0965. The molecule has 1 aromatic heterocycles. The van der Waals surface area contributed by atoms with Gasteiger partial charge in [-0.15, -0.1) is 10.2 Å². The summed E-state index contributed by atoms with van der Waals surface area (Å²) in [6.07, 6.45) is 0.675. The van der Waals surface area contributed by atoms with Crippen molar-refractivity contribution in [1.29, 1.82) is 0 Å². The van der Waals surface area contributed by atoms with Gasteiger partial charge in [0.05, 0.1) is 6.61 Å². The highest BCUT2D eigenvalue weighted by Gasteiger charge is 2.23. The Morgan fingerprint density at radius 3 is 2.90 bits per heavy atom. The molecule has 6 heteroatoms. The van der Waals surface area contributed by atoms with Gasteiger partial charge in [-0.25, -0.2) is 0 Å². The maximum Gasteiger partial charge on any atom is 0.205 e. The van der Waals surface area contributed by atoms with Gasteiger partial charge in [-0.2, -0.15) is 0 Å². The van der Waals surface area contributed by atoms with E-state index in [0.29, 0.717) is 12.5 Å². The van der Waals surface area contributed by atoms with Crippen LogP contribution in [-0.2, 0) is 0 Å². The zero-order chi connectivity index (χ0) is 14.7. The number of rotatable bonds is 4. The van der Waals surface area contributed by atoms with Gasteiger partial charge in [0.2, 0.25) is 5.13 Å². The van der Waals surface area contributed by atoms with Crippen molar-refractivity contribution < 1.29 is 9.47 Å². The second-order valence-corrected chi connectivity index (χ2v) is 6.42. The Labute approximate surface area is 128 Å². The van der Waals surface area contributed by atoms with E-state index in [1.807, 2.05) is 24.3 Å². The Kier molecular flexibility index (Phi) is 4.24. The zero-order valence-corrected chi connectivity index (χ0v) is 13.0. The molecule has 2 aromatic rings. The highest BCUT2D eigenvalue weighted by molar-refractivity contribution is 7.15. The van der Waals surface area contributed by atoms with Crippen molar-refractivity contribution in [1.82, 2.24) is 10.2 Å². The van der Waals surface area contributed by atoms with Crippen molar-refractivity contribution in [3.8, 4) is 11.5 Å². The van der Waals surface area contributed by atoms with E-state index in [1.54, 1.807) is 11.3 Å². The predicted octanol–water partition coefficient (Wildman–Crippen LogP) is 3.51. The molecule has 112 valence electrons. The number of hydrogen-bond acceptors (Lipinski definition) is 6. The van der Waals surface area contributed by atoms with Crippen molar-refractivity contribution in [3.05, 3.63) is 29.3 Å². The van der Waals surface area contributed by atoms with E-state index in [2.05, 4.69) is 29.4 Å². The standard InChI is InChI=1S/C15H19N3O2S/c1-10(2)9-16-15-18-17-14(21-15)13-7-8-19-11-5-3-4-6-12(11)20-13/h3-6,10,13H,7-9H2,1-2H3,(H,16,18). The Bertz CT molecular complexity index is 600. The average Bonchev–Trinajstić information content (AvgIpc) is 2.84. The molecule has 1 unspecified atom stereocenters. The summed E-state index contributed by atoms with van der Waals surface area (Å²) in [7, 11) is 0. The molecule has 0 aliphatic carbocycles. The predicted molar refractivity (Wildman–Crippen MR) is 83.2 cm³/mol. The molecule has 1 aliphatic rings. The number of nitrogens with one attached hydrogen (secondary N) is 1.